The Balaban J connectivity index is 1.76. The number of rotatable bonds is 1. The molecule has 0 saturated heterocycles. The highest BCUT2D eigenvalue weighted by atomic mass is 19.2. The molecule has 0 radical (unpaired) electrons. The number of hydrogen-bond acceptors (Lipinski definition) is 0. The summed E-state index contributed by atoms with van der Waals surface area (Å²) in [5.74, 6) is 1.62. The van der Waals surface area contributed by atoms with Crippen molar-refractivity contribution in [3.8, 4) is 0 Å². The average molecular weight is 278 g/mol. The number of benzene rings is 1. The van der Waals surface area contributed by atoms with Gasteiger partial charge in [0.25, 0.3) is 0 Å². The van der Waals surface area contributed by atoms with E-state index in [4.69, 9.17) is 0 Å². The van der Waals surface area contributed by atoms with Gasteiger partial charge in [0, 0.05) is 0 Å². The Labute approximate surface area is 120 Å². The van der Waals surface area contributed by atoms with Crippen LogP contribution in [0.2, 0.25) is 0 Å². The topological polar surface area (TPSA) is 0 Å². The van der Waals surface area contributed by atoms with Crippen molar-refractivity contribution < 1.29 is 8.78 Å². The van der Waals surface area contributed by atoms with E-state index in [9.17, 15) is 8.78 Å². The second kappa shape index (κ2) is 5.46. The van der Waals surface area contributed by atoms with Crippen LogP contribution in [0.3, 0.4) is 0 Å². The van der Waals surface area contributed by atoms with Crippen LogP contribution in [0.4, 0.5) is 8.78 Å². The molecule has 0 bridgehead atoms. The summed E-state index contributed by atoms with van der Waals surface area (Å²) in [4.78, 5) is 0. The predicted octanol–water partition coefficient (Wildman–Crippen LogP) is 5.59. The lowest BCUT2D eigenvalue weighted by molar-refractivity contribution is 0.124. The number of hydrogen-bond donors (Lipinski definition) is 0. The van der Waals surface area contributed by atoms with Gasteiger partial charge in [-0.1, -0.05) is 19.4 Å². The zero-order valence-electron chi connectivity index (χ0n) is 12.5. The number of aryl methyl sites for hydroxylation is 1. The summed E-state index contributed by atoms with van der Waals surface area (Å²) in [6.07, 6.45) is 7.60. The van der Waals surface area contributed by atoms with E-state index in [-0.39, 0.29) is 0 Å². The van der Waals surface area contributed by atoms with E-state index >= 15 is 0 Å². The summed E-state index contributed by atoms with van der Waals surface area (Å²) >= 11 is 0. The van der Waals surface area contributed by atoms with Crippen LogP contribution in [0.5, 0.6) is 0 Å². The lowest BCUT2D eigenvalue weighted by Crippen LogP contribution is -2.29. The van der Waals surface area contributed by atoms with Gasteiger partial charge in [-0.15, -0.1) is 0 Å². The van der Waals surface area contributed by atoms with Gasteiger partial charge in [0.05, 0.1) is 0 Å². The van der Waals surface area contributed by atoms with Crippen LogP contribution in [0.15, 0.2) is 12.1 Å². The molecule has 4 unspecified atom stereocenters. The third-order valence-electron chi connectivity index (χ3n) is 5.58. The van der Waals surface area contributed by atoms with Crippen molar-refractivity contribution in [2.75, 3.05) is 0 Å². The molecule has 0 spiro atoms. The molecule has 0 heterocycles. The van der Waals surface area contributed by atoms with Gasteiger partial charge in [-0.3, -0.25) is 0 Å². The number of fused-ring (bicyclic) bond motifs is 1. The molecule has 2 saturated carbocycles. The van der Waals surface area contributed by atoms with Gasteiger partial charge in [-0.05, 0) is 79.9 Å². The van der Waals surface area contributed by atoms with E-state index in [1.165, 1.54) is 38.2 Å². The first-order chi connectivity index (χ1) is 9.54. The van der Waals surface area contributed by atoms with E-state index in [1.807, 2.05) is 6.07 Å². The minimum absolute atomic E-state index is 0.429. The summed E-state index contributed by atoms with van der Waals surface area (Å²) in [7, 11) is 0. The Bertz CT molecular complexity index is 471. The van der Waals surface area contributed by atoms with Crippen molar-refractivity contribution in [3.05, 3.63) is 34.9 Å². The van der Waals surface area contributed by atoms with E-state index in [0.29, 0.717) is 11.5 Å². The minimum atomic E-state index is -0.686. The van der Waals surface area contributed by atoms with Crippen LogP contribution < -0.4 is 0 Å². The van der Waals surface area contributed by atoms with Gasteiger partial charge < -0.3 is 0 Å². The van der Waals surface area contributed by atoms with Gasteiger partial charge >= 0.3 is 0 Å². The average Bonchev–Trinajstić information content (AvgIpc) is 2.43. The maximum atomic E-state index is 13.6. The zero-order chi connectivity index (χ0) is 14.3. The molecule has 20 heavy (non-hydrogen) atoms. The van der Waals surface area contributed by atoms with Gasteiger partial charge in [-0.2, -0.15) is 0 Å². The van der Waals surface area contributed by atoms with Crippen LogP contribution in [0.25, 0.3) is 0 Å². The highest BCUT2D eigenvalue weighted by Gasteiger charge is 2.35. The zero-order valence-corrected chi connectivity index (χ0v) is 12.5. The lowest BCUT2D eigenvalue weighted by Gasteiger charge is -2.41. The molecule has 0 aromatic heterocycles. The molecule has 0 nitrogen and oxygen atoms in total. The van der Waals surface area contributed by atoms with Gasteiger partial charge in [0.15, 0.2) is 11.6 Å². The van der Waals surface area contributed by atoms with Crippen molar-refractivity contribution in [3.63, 3.8) is 0 Å². The Hall–Kier alpha value is -0.920. The van der Waals surface area contributed by atoms with Gasteiger partial charge in [-0.25, -0.2) is 8.78 Å². The molecule has 2 heteroatoms. The Kier molecular flexibility index (Phi) is 3.83. The van der Waals surface area contributed by atoms with Crippen LogP contribution in [0.1, 0.15) is 62.5 Å². The highest BCUT2D eigenvalue weighted by Crippen LogP contribution is 2.47. The minimum Gasteiger partial charge on any atom is -0.204 e. The Morgan fingerprint density at radius 2 is 1.65 bits per heavy atom. The molecule has 1 aromatic rings. The van der Waals surface area contributed by atoms with Gasteiger partial charge in [0.2, 0.25) is 0 Å². The van der Waals surface area contributed by atoms with E-state index in [0.717, 1.165) is 29.7 Å². The maximum Gasteiger partial charge on any atom is 0.161 e. The largest absolute Gasteiger partial charge is 0.204 e. The van der Waals surface area contributed by atoms with Crippen LogP contribution in [-0.2, 0) is 0 Å². The SMILES string of the molecule is Cc1cc(C2CCC3CC(C)CCC3C2)cc(F)c1F. The van der Waals surface area contributed by atoms with E-state index in [1.54, 1.807) is 6.92 Å². The summed E-state index contributed by atoms with van der Waals surface area (Å²) in [5, 5.41) is 0. The monoisotopic (exact) mass is 278 g/mol. The molecule has 3 rings (SSSR count). The van der Waals surface area contributed by atoms with Crippen LogP contribution >= 0.6 is 0 Å². The smallest absolute Gasteiger partial charge is 0.161 e. The van der Waals surface area contributed by atoms with Crippen molar-refractivity contribution in [2.45, 2.75) is 58.3 Å². The molecule has 4 atom stereocenters. The lowest BCUT2D eigenvalue weighted by atomic mass is 9.64. The second-order valence-electron chi connectivity index (χ2n) is 7.08. The standard InChI is InChI=1S/C18H24F2/c1-11-3-4-14-9-15(6-5-13(14)7-11)16-8-12(2)18(20)17(19)10-16/h8,10-11,13-15H,3-7,9H2,1-2H3. The predicted molar refractivity (Wildman–Crippen MR) is 77.7 cm³/mol. The second-order valence-corrected chi connectivity index (χ2v) is 7.08. The molecular weight excluding hydrogens is 254 g/mol. The third-order valence-corrected chi connectivity index (χ3v) is 5.58. The summed E-state index contributed by atoms with van der Waals surface area (Å²) in [6, 6.07) is 3.29. The third kappa shape index (κ3) is 2.62. The molecule has 0 amide bonds. The Morgan fingerprint density at radius 3 is 2.40 bits per heavy atom. The summed E-state index contributed by atoms with van der Waals surface area (Å²) in [6.45, 7) is 4.02. The fourth-order valence-corrected chi connectivity index (χ4v) is 4.42. The summed E-state index contributed by atoms with van der Waals surface area (Å²) in [5.41, 5.74) is 1.46. The molecule has 0 N–H and O–H groups in total. The van der Waals surface area contributed by atoms with Crippen molar-refractivity contribution in [1.29, 1.82) is 0 Å². The van der Waals surface area contributed by atoms with E-state index < -0.39 is 11.6 Å². The fourth-order valence-electron chi connectivity index (χ4n) is 4.42. The van der Waals surface area contributed by atoms with Crippen LogP contribution in [-0.4, -0.2) is 0 Å². The highest BCUT2D eigenvalue weighted by molar-refractivity contribution is 5.28. The van der Waals surface area contributed by atoms with Crippen molar-refractivity contribution in [1.82, 2.24) is 0 Å². The molecule has 1 aromatic carbocycles. The molecule has 2 fully saturated rings. The normalized spacial score (nSPS) is 33.8. The van der Waals surface area contributed by atoms with Crippen LogP contribution in [0, 0.1) is 36.3 Å². The molecule has 0 aliphatic heterocycles. The molecule has 110 valence electrons. The summed E-state index contributed by atoms with van der Waals surface area (Å²) < 4.78 is 27.0. The fraction of sp³-hybridized carbons (Fsp3) is 0.667. The Morgan fingerprint density at radius 1 is 0.950 bits per heavy atom. The first-order valence-corrected chi connectivity index (χ1v) is 8.00. The van der Waals surface area contributed by atoms with Gasteiger partial charge in [0.1, 0.15) is 0 Å². The molecule has 2 aliphatic carbocycles. The van der Waals surface area contributed by atoms with Crippen molar-refractivity contribution in [2.24, 2.45) is 17.8 Å². The van der Waals surface area contributed by atoms with E-state index in [2.05, 4.69) is 6.92 Å². The first kappa shape index (κ1) is 14.0. The van der Waals surface area contributed by atoms with Crippen molar-refractivity contribution >= 4 is 0 Å². The molecular formula is C18H24F2. The maximum absolute atomic E-state index is 13.6. The molecule has 2 aliphatic rings. The quantitative estimate of drug-likeness (QED) is 0.628. The first-order valence-electron chi connectivity index (χ1n) is 8.00. The number of halogens is 2.